The van der Waals surface area contributed by atoms with E-state index in [9.17, 15) is 4.79 Å². The molecule has 80 valence electrons. The van der Waals surface area contributed by atoms with Crippen LogP contribution in [0, 0.1) is 5.41 Å². The summed E-state index contributed by atoms with van der Waals surface area (Å²) >= 11 is 0. The quantitative estimate of drug-likeness (QED) is 0.517. The van der Waals surface area contributed by atoms with Crippen molar-refractivity contribution in [1.29, 1.82) is 5.41 Å². The zero-order valence-corrected chi connectivity index (χ0v) is 8.53. The highest BCUT2D eigenvalue weighted by Gasteiger charge is 2.13. The molecule has 0 atom stereocenters. The van der Waals surface area contributed by atoms with Crippen molar-refractivity contribution >= 4 is 22.5 Å². The zero-order valence-electron chi connectivity index (χ0n) is 8.53. The molecule has 0 aliphatic carbocycles. The van der Waals surface area contributed by atoms with Gasteiger partial charge in [0, 0.05) is 5.56 Å². The van der Waals surface area contributed by atoms with E-state index < -0.39 is 5.91 Å². The van der Waals surface area contributed by atoms with Gasteiger partial charge in [-0.1, -0.05) is 30.3 Å². The van der Waals surface area contributed by atoms with Crippen LogP contribution in [0.25, 0.3) is 10.8 Å². The summed E-state index contributed by atoms with van der Waals surface area (Å²) in [6.07, 6.45) is 0. The van der Waals surface area contributed by atoms with Crippen molar-refractivity contribution in [2.45, 2.75) is 0 Å². The van der Waals surface area contributed by atoms with E-state index in [1.807, 2.05) is 24.3 Å². The maximum absolute atomic E-state index is 11.2. The molecule has 1 amide bonds. The van der Waals surface area contributed by atoms with Crippen LogP contribution in [0.2, 0.25) is 0 Å². The highest BCUT2D eigenvalue weighted by molar-refractivity contribution is 6.15. The van der Waals surface area contributed by atoms with E-state index in [-0.39, 0.29) is 11.4 Å². The van der Waals surface area contributed by atoms with Crippen molar-refractivity contribution in [1.82, 2.24) is 0 Å². The first-order valence-electron chi connectivity index (χ1n) is 4.77. The van der Waals surface area contributed by atoms with Gasteiger partial charge in [-0.25, -0.2) is 0 Å². The number of amides is 1. The zero-order chi connectivity index (χ0) is 11.7. The predicted molar refractivity (Wildman–Crippen MR) is 63.5 cm³/mol. The molecule has 0 aliphatic rings. The summed E-state index contributed by atoms with van der Waals surface area (Å²) in [6.45, 7) is 0. The summed E-state index contributed by atoms with van der Waals surface area (Å²) in [4.78, 5) is 11.2. The van der Waals surface area contributed by atoms with Gasteiger partial charge in [0.15, 0.2) is 0 Å². The van der Waals surface area contributed by atoms with Gasteiger partial charge in [0.2, 0.25) is 5.91 Å². The van der Waals surface area contributed by atoms with Crippen LogP contribution in [0.1, 0.15) is 15.9 Å². The van der Waals surface area contributed by atoms with E-state index in [2.05, 4.69) is 0 Å². The van der Waals surface area contributed by atoms with E-state index in [1.165, 1.54) is 0 Å². The normalized spacial score (nSPS) is 10.2. The van der Waals surface area contributed by atoms with Gasteiger partial charge in [0.25, 0.3) is 0 Å². The van der Waals surface area contributed by atoms with Crippen LogP contribution in [0.4, 0.5) is 0 Å². The molecule has 2 aromatic rings. The summed E-state index contributed by atoms with van der Waals surface area (Å²) in [7, 11) is 0. The molecule has 0 saturated carbocycles. The molecular weight excluding hydrogens is 202 g/mol. The SMILES string of the molecule is N=C(N)c1c(C(N)=O)ccc2ccccc12. The lowest BCUT2D eigenvalue weighted by Gasteiger charge is -2.09. The number of nitrogens with one attached hydrogen (secondary N) is 1. The molecule has 0 unspecified atom stereocenters. The number of rotatable bonds is 2. The second kappa shape index (κ2) is 3.66. The minimum Gasteiger partial charge on any atom is -0.384 e. The summed E-state index contributed by atoms with van der Waals surface area (Å²) in [5.41, 5.74) is 11.4. The number of benzene rings is 2. The topological polar surface area (TPSA) is 93.0 Å². The van der Waals surface area contributed by atoms with Crippen molar-refractivity contribution in [3.05, 3.63) is 47.5 Å². The molecule has 0 aliphatic heterocycles. The third-order valence-electron chi connectivity index (χ3n) is 2.46. The third-order valence-corrected chi connectivity index (χ3v) is 2.46. The highest BCUT2D eigenvalue weighted by atomic mass is 16.1. The average Bonchev–Trinajstić information content (AvgIpc) is 2.27. The van der Waals surface area contributed by atoms with Crippen LogP contribution in [0.3, 0.4) is 0 Å². The molecule has 0 aromatic heterocycles. The number of hydrogen-bond donors (Lipinski definition) is 3. The molecule has 0 heterocycles. The molecule has 2 aromatic carbocycles. The predicted octanol–water partition coefficient (Wildman–Crippen LogP) is 1.22. The Morgan fingerprint density at radius 3 is 2.38 bits per heavy atom. The molecule has 0 fully saturated rings. The van der Waals surface area contributed by atoms with Gasteiger partial charge in [-0.3, -0.25) is 10.2 Å². The van der Waals surface area contributed by atoms with Crippen LogP contribution >= 0.6 is 0 Å². The van der Waals surface area contributed by atoms with Gasteiger partial charge < -0.3 is 11.5 Å². The molecule has 5 N–H and O–H groups in total. The van der Waals surface area contributed by atoms with E-state index >= 15 is 0 Å². The van der Waals surface area contributed by atoms with Crippen LogP contribution in [-0.4, -0.2) is 11.7 Å². The second-order valence-corrected chi connectivity index (χ2v) is 3.49. The molecule has 0 saturated heterocycles. The summed E-state index contributed by atoms with van der Waals surface area (Å²) in [5, 5.41) is 9.22. The number of fused-ring (bicyclic) bond motifs is 1. The molecule has 16 heavy (non-hydrogen) atoms. The van der Waals surface area contributed by atoms with Crippen molar-refractivity contribution in [3.8, 4) is 0 Å². The van der Waals surface area contributed by atoms with Crippen LogP contribution in [-0.2, 0) is 0 Å². The van der Waals surface area contributed by atoms with E-state index in [4.69, 9.17) is 16.9 Å². The minimum absolute atomic E-state index is 0.148. The Hall–Kier alpha value is -2.36. The fourth-order valence-electron chi connectivity index (χ4n) is 1.77. The Bertz CT molecular complexity index is 590. The Balaban J connectivity index is 2.90. The Morgan fingerprint density at radius 2 is 1.75 bits per heavy atom. The highest BCUT2D eigenvalue weighted by Crippen LogP contribution is 2.21. The van der Waals surface area contributed by atoms with Crippen molar-refractivity contribution in [3.63, 3.8) is 0 Å². The molecular formula is C12H11N3O. The van der Waals surface area contributed by atoms with Crippen LogP contribution < -0.4 is 11.5 Å². The molecule has 4 nitrogen and oxygen atoms in total. The smallest absolute Gasteiger partial charge is 0.249 e. The first-order valence-corrected chi connectivity index (χ1v) is 4.77. The standard InChI is InChI=1S/C12H11N3O/c13-11(14)10-8-4-2-1-3-7(8)5-6-9(10)12(15)16/h1-6H,(H3,13,14)(H2,15,16). The molecule has 0 spiro atoms. The lowest BCUT2D eigenvalue weighted by atomic mass is 9.98. The van der Waals surface area contributed by atoms with Crippen LogP contribution in [0.5, 0.6) is 0 Å². The Kier molecular flexibility index (Phi) is 2.32. The van der Waals surface area contributed by atoms with Crippen molar-refractivity contribution in [2.24, 2.45) is 11.5 Å². The van der Waals surface area contributed by atoms with Crippen molar-refractivity contribution < 1.29 is 4.79 Å². The summed E-state index contributed by atoms with van der Waals surface area (Å²) < 4.78 is 0. The molecule has 0 bridgehead atoms. The van der Waals surface area contributed by atoms with E-state index in [0.717, 1.165) is 10.8 Å². The summed E-state index contributed by atoms with van der Waals surface area (Å²) in [6, 6.07) is 10.8. The lowest BCUT2D eigenvalue weighted by Crippen LogP contribution is -2.20. The fraction of sp³-hybridized carbons (Fsp3) is 0. The first kappa shape index (κ1) is 10.2. The van der Waals surface area contributed by atoms with Gasteiger partial charge in [-0.15, -0.1) is 0 Å². The van der Waals surface area contributed by atoms with Gasteiger partial charge in [-0.2, -0.15) is 0 Å². The fourth-order valence-corrected chi connectivity index (χ4v) is 1.77. The van der Waals surface area contributed by atoms with Gasteiger partial charge in [-0.05, 0) is 16.8 Å². The van der Waals surface area contributed by atoms with E-state index in [0.29, 0.717) is 5.56 Å². The molecule has 4 heteroatoms. The second-order valence-electron chi connectivity index (χ2n) is 3.49. The third kappa shape index (κ3) is 1.50. The summed E-state index contributed by atoms with van der Waals surface area (Å²) in [5.74, 6) is -0.721. The minimum atomic E-state index is -0.573. The van der Waals surface area contributed by atoms with Crippen molar-refractivity contribution in [2.75, 3.05) is 0 Å². The Labute approximate surface area is 92.4 Å². The number of carbonyl (C=O) groups is 1. The van der Waals surface area contributed by atoms with E-state index in [1.54, 1.807) is 12.1 Å². The van der Waals surface area contributed by atoms with Gasteiger partial charge in [0.05, 0.1) is 5.56 Å². The average molecular weight is 213 g/mol. The van der Waals surface area contributed by atoms with Gasteiger partial charge in [0.1, 0.15) is 5.84 Å². The number of amidine groups is 1. The van der Waals surface area contributed by atoms with Crippen LogP contribution in [0.15, 0.2) is 36.4 Å². The number of carbonyl (C=O) groups excluding carboxylic acids is 1. The number of hydrogen-bond acceptors (Lipinski definition) is 2. The lowest BCUT2D eigenvalue weighted by molar-refractivity contribution is 0.1000. The monoisotopic (exact) mass is 213 g/mol. The number of nitrogens with two attached hydrogens (primary N) is 2. The molecule has 0 radical (unpaired) electrons. The number of nitrogen functional groups attached to an aromatic ring is 1. The number of primary amides is 1. The maximum Gasteiger partial charge on any atom is 0.249 e. The largest absolute Gasteiger partial charge is 0.384 e. The van der Waals surface area contributed by atoms with Gasteiger partial charge >= 0.3 is 0 Å². The maximum atomic E-state index is 11.2. The Morgan fingerprint density at radius 1 is 1.06 bits per heavy atom. The molecule has 2 rings (SSSR count). The first-order chi connectivity index (χ1) is 7.61.